The minimum atomic E-state index is 0.412. The fraction of sp³-hybridized carbons (Fsp3) is 0.889. The summed E-state index contributed by atoms with van der Waals surface area (Å²) in [5.41, 5.74) is 6.01. The summed E-state index contributed by atoms with van der Waals surface area (Å²) in [5, 5.41) is 0. The van der Waals surface area contributed by atoms with E-state index in [9.17, 15) is 0 Å². The Morgan fingerprint density at radius 1 is 1.64 bits per heavy atom. The lowest BCUT2D eigenvalue weighted by Gasteiger charge is -2.08. The van der Waals surface area contributed by atoms with Crippen molar-refractivity contribution in [1.82, 2.24) is 0 Å². The van der Waals surface area contributed by atoms with Crippen molar-refractivity contribution in [3.05, 3.63) is 0 Å². The summed E-state index contributed by atoms with van der Waals surface area (Å²) in [5.74, 6) is 1.46. The second-order valence-corrected chi connectivity index (χ2v) is 4.31. The van der Waals surface area contributed by atoms with Gasteiger partial charge in [-0.2, -0.15) is 0 Å². The molecule has 1 saturated carbocycles. The van der Waals surface area contributed by atoms with Crippen molar-refractivity contribution in [3.63, 3.8) is 0 Å². The van der Waals surface area contributed by atoms with Gasteiger partial charge in [-0.15, -0.1) is 0 Å². The van der Waals surface area contributed by atoms with Crippen molar-refractivity contribution < 1.29 is 0 Å². The van der Waals surface area contributed by atoms with Gasteiger partial charge >= 0.3 is 0 Å². The zero-order valence-corrected chi connectivity index (χ0v) is 7.89. The average Bonchev–Trinajstić information content (AvgIpc) is 2.38. The largest absolute Gasteiger partial charge is 0.388 e. The Bertz CT molecular complexity index is 178. The van der Waals surface area contributed by atoms with Crippen LogP contribution in [0.1, 0.15) is 34.1 Å². The second kappa shape index (κ2) is 2.50. The van der Waals surface area contributed by atoms with Crippen LogP contribution < -0.4 is 5.73 Å². The van der Waals surface area contributed by atoms with E-state index in [-0.39, 0.29) is 0 Å². The van der Waals surface area contributed by atoms with Crippen LogP contribution in [0.15, 0.2) is 4.99 Å². The fourth-order valence-electron chi connectivity index (χ4n) is 1.74. The van der Waals surface area contributed by atoms with Gasteiger partial charge < -0.3 is 5.73 Å². The van der Waals surface area contributed by atoms with Crippen LogP contribution in [0.4, 0.5) is 0 Å². The Balaban J connectivity index is 2.46. The summed E-state index contributed by atoms with van der Waals surface area (Å²) in [6.45, 7) is 8.58. The Kier molecular flexibility index (Phi) is 1.95. The van der Waals surface area contributed by atoms with Crippen LogP contribution in [0.3, 0.4) is 0 Å². The molecule has 2 unspecified atom stereocenters. The molecule has 2 N–H and O–H groups in total. The molecule has 11 heavy (non-hydrogen) atoms. The zero-order valence-electron chi connectivity index (χ0n) is 7.89. The molecule has 0 aromatic heterocycles. The number of aliphatic imine (C=N–C) groups is 1. The van der Waals surface area contributed by atoms with Gasteiger partial charge in [0.2, 0.25) is 0 Å². The molecular formula is C9H18N2. The summed E-state index contributed by atoms with van der Waals surface area (Å²) in [4.78, 5) is 4.33. The zero-order chi connectivity index (χ0) is 8.65. The number of hydrogen-bond acceptors (Lipinski definition) is 1. The van der Waals surface area contributed by atoms with Gasteiger partial charge in [-0.25, -0.2) is 0 Å². The van der Waals surface area contributed by atoms with Crippen molar-refractivity contribution in [2.24, 2.45) is 22.1 Å². The number of amidine groups is 1. The lowest BCUT2D eigenvalue weighted by atomic mass is 10.1. The molecule has 1 rings (SSSR count). The number of rotatable bonds is 2. The van der Waals surface area contributed by atoms with Crippen LogP contribution >= 0.6 is 0 Å². The minimum absolute atomic E-state index is 0.412. The summed E-state index contributed by atoms with van der Waals surface area (Å²) < 4.78 is 0. The number of nitrogens with zero attached hydrogens (tertiary/aromatic N) is 1. The molecule has 0 amide bonds. The standard InChI is InChI=1S/C9H18N2/c1-6(11-7(2)10)8-5-9(8,3)4/h6,8H,5H2,1-4H3,(H2,10,11). The van der Waals surface area contributed by atoms with Crippen LogP contribution in [0.25, 0.3) is 0 Å². The molecule has 0 radical (unpaired) electrons. The summed E-state index contributed by atoms with van der Waals surface area (Å²) in [6.07, 6.45) is 1.30. The first kappa shape index (κ1) is 8.57. The van der Waals surface area contributed by atoms with Crippen LogP contribution in [0, 0.1) is 11.3 Å². The van der Waals surface area contributed by atoms with E-state index in [1.54, 1.807) is 0 Å². The van der Waals surface area contributed by atoms with Gasteiger partial charge in [-0.3, -0.25) is 4.99 Å². The molecule has 0 heterocycles. The van der Waals surface area contributed by atoms with Gasteiger partial charge in [0.1, 0.15) is 0 Å². The van der Waals surface area contributed by atoms with Gasteiger partial charge in [0.25, 0.3) is 0 Å². The minimum Gasteiger partial charge on any atom is -0.388 e. The van der Waals surface area contributed by atoms with Gasteiger partial charge in [0.05, 0.1) is 11.9 Å². The Hall–Kier alpha value is -0.530. The molecule has 2 nitrogen and oxygen atoms in total. The highest BCUT2D eigenvalue weighted by Crippen LogP contribution is 2.54. The highest BCUT2D eigenvalue weighted by molar-refractivity contribution is 5.77. The van der Waals surface area contributed by atoms with E-state index in [0.29, 0.717) is 17.3 Å². The van der Waals surface area contributed by atoms with E-state index in [1.807, 2.05) is 6.92 Å². The maximum absolute atomic E-state index is 5.50. The first-order chi connectivity index (χ1) is 4.93. The van der Waals surface area contributed by atoms with E-state index in [0.717, 1.165) is 5.92 Å². The van der Waals surface area contributed by atoms with Crippen molar-refractivity contribution in [3.8, 4) is 0 Å². The summed E-state index contributed by atoms with van der Waals surface area (Å²) >= 11 is 0. The Morgan fingerprint density at radius 3 is 2.36 bits per heavy atom. The van der Waals surface area contributed by atoms with E-state index in [1.165, 1.54) is 6.42 Å². The predicted molar refractivity (Wildman–Crippen MR) is 48.6 cm³/mol. The molecule has 0 bridgehead atoms. The van der Waals surface area contributed by atoms with Crippen molar-refractivity contribution >= 4 is 5.84 Å². The molecule has 1 fully saturated rings. The monoisotopic (exact) mass is 154 g/mol. The normalized spacial score (nSPS) is 31.6. The van der Waals surface area contributed by atoms with E-state index >= 15 is 0 Å². The molecular weight excluding hydrogens is 136 g/mol. The highest BCUT2D eigenvalue weighted by atomic mass is 14.9. The highest BCUT2D eigenvalue weighted by Gasteiger charge is 2.48. The molecule has 0 saturated heterocycles. The Labute approximate surface area is 68.9 Å². The summed E-state index contributed by atoms with van der Waals surface area (Å²) in [7, 11) is 0. The molecule has 0 aromatic carbocycles. The molecule has 2 atom stereocenters. The average molecular weight is 154 g/mol. The van der Waals surface area contributed by atoms with E-state index in [4.69, 9.17) is 5.73 Å². The third kappa shape index (κ3) is 1.95. The molecule has 1 aliphatic carbocycles. The number of nitrogens with two attached hydrogens (primary N) is 1. The predicted octanol–water partition coefficient (Wildman–Crippen LogP) is 1.80. The van der Waals surface area contributed by atoms with E-state index < -0.39 is 0 Å². The first-order valence-electron chi connectivity index (χ1n) is 4.23. The van der Waals surface area contributed by atoms with Crippen molar-refractivity contribution in [2.75, 3.05) is 0 Å². The maximum Gasteiger partial charge on any atom is 0.0909 e. The second-order valence-electron chi connectivity index (χ2n) is 4.31. The molecule has 0 spiro atoms. The molecule has 64 valence electrons. The van der Waals surface area contributed by atoms with Gasteiger partial charge in [-0.1, -0.05) is 13.8 Å². The fourth-order valence-corrected chi connectivity index (χ4v) is 1.74. The van der Waals surface area contributed by atoms with Gasteiger partial charge in [-0.05, 0) is 31.6 Å². The maximum atomic E-state index is 5.50. The number of hydrogen-bond donors (Lipinski definition) is 1. The first-order valence-corrected chi connectivity index (χ1v) is 4.23. The summed E-state index contributed by atoms with van der Waals surface area (Å²) in [6, 6.07) is 0.412. The van der Waals surface area contributed by atoms with Crippen LogP contribution in [0.5, 0.6) is 0 Å². The molecule has 1 aliphatic rings. The lowest BCUT2D eigenvalue weighted by Crippen LogP contribution is -2.14. The topological polar surface area (TPSA) is 38.4 Å². The van der Waals surface area contributed by atoms with Gasteiger partial charge in [0.15, 0.2) is 0 Å². The van der Waals surface area contributed by atoms with Crippen LogP contribution in [-0.2, 0) is 0 Å². The SMILES string of the molecule is CC(N)=NC(C)C1CC1(C)C. The van der Waals surface area contributed by atoms with Crippen LogP contribution in [-0.4, -0.2) is 11.9 Å². The smallest absolute Gasteiger partial charge is 0.0909 e. The Morgan fingerprint density at radius 2 is 2.09 bits per heavy atom. The molecule has 2 heteroatoms. The quantitative estimate of drug-likeness (QED) is 0.478. The van der Waals surface area contributed by atoms with Crippen LogP contribution in [0.2, 0.25) is 0 Å². The van der Waals surface area contributed by atoms with Crippen molar-refractivity contribution in [2.45, 2.75) is 40.2 Å². The molecule has 0 aliphatic heterocycles. The van der Waals surface area contributed by atoms with Crippen molar-refractivity contribution in [1.29, 1.82) is 0 Å². The van der Waals surface area contributed by atoms with E-state index in [2.05, 4.69) is 25.8 Å². The molecule has 0 aromatic rings. The third-order valence-electron chi connectivity index (χ3n) is 2.58. The van der Waals surface area contributed by atoms with Gasteiger partial charge in [0, 0.05) is 0 Å². The lowest BCUT2D eigenvalue weighted by molar-refractivity contribution is 0.502. The third-order valence-corrected chi connectivity index (χ3v) is 2.58.